The van der Waals surface area contributed by atoms with E-state index in [2.05, 4.69) is 15.2 Å². The Bertz CT molecular complexity index is 642. The summed E-state index contributed by atoms with van der Waals surface area (Å²) in [6, 6.07) is 11.3. The van der Waals surface area contributed by atoms with Crippen LogP contribution in [0.3, 0.4) is 0 Å². The van der Waals surface area contributed by atoms with E-state index in [-0.39, 0.29) is 11.7 Å². The molecule has 0 bridgehead atoms. The lowest BCUT2D eigenvalue weighted by molar-refractivity contribution is -0.137. The first-order chi connectivity index (χ1) is 10.5. The van der Waals surface area contributed by atoms with Crippen LogP contribution in [0, 0.1) is 0 Å². The maximum Gasteiger partial charge on any atom is 0.416 e. The molecule has 7 heteroatoms. The zero-order chi connectivity index (χ0) is 16.0. The molecule has 0 aliphatic rings. The minimum atomic E-state index is -4.48. The molecule has 2 aromatic rings. The molecule has 22 heavy (non-hydrogen) atoms. The summed E-state index contributed by atoms with van der Waals surface area (Å²) in [7, 11) is 1.25. The van der Waals surface area contributed by atoms with E-state index in [0.29, 0.717) is 13.0 Å². The van der Waals surface area contributed by atoms with Gasteiger partial charge in [-0.05, 0) is 18.1 Å². The van der Waals surface area contributed by atoms with Gasteiger partial charge in [-0.15, -0.1) is 5.11 Å². The molecule has 1 heterocycles. The van der Waals surface area contributed by atoms with Gasteiger partial charge in [0.15, 0.2) is 5.82 Å². The zero-order valence-electron chi connectivity index (χ0n) is 11.8. The van der Waals surface area contributed by atoms with E-state index >= 15 is 0 Å². The molecule has 0 saturated carbocycles. The maximum atomic E-state index is 12.7. The van der Waals surface area contributed by atoms with Gasteiger partial charge in [-0.1, -0.05) is 30.3 Å². The van der Waals surface area contributed by atoms with Crippen LogP contribution in [0.4, 0.5) is 19.0 Å². The fraction of sp³-hybridized carbons (Fsp3) is 0.267. The van der Waals surface area contributed by atoms with Crippen molar-refractivity contribution in [3.8, 4) is 5.88 Å². The molecule has 0 atom stereocenters. The highest BCUT2D eigenvalue weighted by atomic mass is 19.4. The number of hydrogen-bond donors (Lipinski definition) is 0. The molecule has 0 amide bonds. The van der Waals surface area contributed by atoms with E-state index in [1.807, 2.05) is 30.3 Å². The molecule has 0 radical (unpaired) electrons. The van der Waals surface area contributed by atoms with Gasteiger partial charge in [-0.2, -0.15) is 23.3 Å². The number of hydrogen-bond acceptors (Lipinski definition) is 4. The van der Waals surface area contributed by atoms with Crippen LogP contribution in [0.1, 0.15) is 11.1 Å². The molecule has 116 valence electrons. The van der Waals surface area contributed by atoms with Crippen molar-refractivity contribution in [2.75, 3.05) is 13.7 Å². The molecule has 1 aromatic carbocycles. The molecule has 1 aromatic heterocycles. The van der Waals surface area contributed by atoms with Crippen molar-refractivity contribution in [1.82, 2.24) is 4.98 Å². The second-order valence-electron chi connectivity index (χ2n) is 4.45. The Balaban J connectivity index is 2.07. The van der Waals surface area contributed by atoms with Crippen molar-refractivity contribution in [2.45, 2.75) is 12.6 Å². The monoisotopic (exact) mass is 309 g/mol. The second-order valence-corrected chi connectivity index (χ2v) is 4.45. The summed E-state index contributed by atoms with van der Waals surface area (Å²) in [5.41, 5.74) is 0.215. The predicted octanol–water partition coefficient (Wildman–Crippen LogP) is 4.44. The smallest absolute Gasteiger partial charge is 0.416 e. The van der Waals surface area contributed by atoms with E-state index in [4.69, 9.17) is 4.74 Å². The van der Waals surface area contributed by atoms with Crippen molar-refractivity contribution in [2.24, 2.45) is 10.2 Å². The fourth-order valence-electron chi connectivity index (χ4n) is 1.76. The van der Waals surface area contributed by atoms with E-state index < -0.39 is 11.7 Å². The lowest BCUT2D eigenvalue weighted by Gasteiger charge is -2.08. The minimum Gasteiger partial charge on any atom is -0.481 e. The molecule has 0 spiro atoms. The Kier molecular flexibility index (Phi) is 5.08. The van der Waals surface area contributed by atoms with Gasteiger partial charge in [-0.25, -0.2) is 0 Å². The quantitative estimate of drug-likeness (QED) is 0.767. The standard InChI is InChI=1S/C15H14F3N3O/c1-22-14-10-12(15(16,17)18)9-13(20-14)21-19-8-7-11-5-3-2-4-6-11/h2-6,9-10H,7-8H2,1H3. The number of pyridine rings is 1. The molecule has 0 N–H and O–H groups in total. The molecule has 0 fully saturated rings. The van der Waals surface area contributed by atoms with Crippen molar-refractivity contribution in [1.29, 1.82) is 0 Å². The van der Waals surface area contributed by atoms with Gasteiger partial charge in [0.2, 0.25) is 5.88 Å². The number of azo groups is 1. The van der Waals surface area contributed by atoms with E-state index in [9.17, 15) is 13.2 Å². The lowest BCUT2D eigenvalue weighted by Crippen LogP contribution is -2.05. The first-order valence-electron chi connectivity index (χ1n) is 6.54. The molecular formula is C15H14F3N3O. The third-order valence-corrected chi connectivity index (χ3v) is 2.84. The number of halogens is 3. The van der Waals surface area contributed by atoms with E-state index in [1.165, 1.54) is 7.11 Å². The summed E-state index contributed by atoms with van der Waals surface area (Å²) in [6.45, 7) is 0.365. The third-order valence-electron chi connectivity index (χ3n) is 2.84. The summed E-state index contributed by atoms with van der Waals surface area (Å²) < 4.78 is 43.0. The number of nitrogens with zero attached hydrogens (tertiary/aromatic N) is 3. The largest absolute Gasteiger partial charge is 0.481 e. The number of benzene rings is 1. The van der Waals surface area contributed by atoms with Crippen LogP contribution >= 0.6 is 0 Å². The van der Waals surface area contributed by atoms with Crippen molar-refractivity contribution in [3.63, 3.8) is 0 Å². The van der Waals surface area contributed by atoms with Gasteiger partial charge in [0.1, 0.15) is 0 Å². The Morgan fingerprint density at radius 2 is 1.86 bits per heavy atom. The molecular weight excluding hydrogens is 295 g/mol. The topological polar surface area (TPSA) is 46.8 Å². The summed E-state index contributed by atoms with van der Waals surface area (Å²) in [5.74, 6) is -0.272. The number of ether oxygens (including phenoxy) is 1. The zero-order valence-corrected chi connectivity index (χ0v) is 11.8. The predicted molar refractivity (Wildman–Crippen MR) is 75.3 cm³/mol. The van der Waals surface area contributed by atoms with E-state index in [1.54, 1.807) is 0 Å². The Hall–Kier alpha value is -2.44. The minimum absolute atomic E-state index is 0.125. The Morgan fingerprint density at radius 3 is 2.50 bits per heavy atom. The van der Waals surface area contributed by atoms with Gasteiger partial charge in [0.05, 0.1) is 19.2 Å². The molecule has 4 nitrogen and oxygen atoms in total. The first kappa shape index (κ1) is 15.9. The van der Waals surface area contributed by atoms with Gasteiger partial charge in [0.25, 0.3) is 0 Å². The summed E-state index contributed by atoms with van der Waals surface area (Å²) in [4.78, 5) is 3.83. The molecule has 0 unspecified atom stereocenters. The van der Waals surface area contributed by atoms with Gasteiger partial charge < -0.3 is 4.74 Å². The highest BCUT2D eigenvalue weighted by molar-refractivity contribution is 5.37. The van der Waals surface area contributed by atoms with Crippen molar-refractivity contribution >= 4 is 5.82 Å². The molecule has 0 aliphatic carbocycles. The van der Waals surface area contributed by atoms with Gasteiger partial charge in [0, 0.05) is 6.07 Å². The number of rotatable bonds is 5. The van der Waals surface area contributed by atoms with Gasteiger partial charge in [-0.3, -0.25) is 0 Å². The molecule has 2 rings (SSSR count). The average molecular weight is 309 g/mol. The molecule has 0 saturated heterocycles. The van der Waals surface area contributed by atoms with E-state index in [0.717, 1.165) is 17.7 Å². The van der Waals surface area contributed by atoms with Crippen LogP contribution in [-0.2, 0) is 12.6 Å². The van der Waals surface area contributed by atoms with Crippen LogP contribution in [0.2, 0.25) is 0 Å². The van der Waals surface area contributed by atoms with Crippen LogP contribution in [-0.4, -0.2) is 18.6 Å². The van der Waals surface area contributed by atoms with Crippen molar-refractivity contribution < 1.29 is 17.9 Å². The SMILES string of the molecule is COc1cc(C(F)(F)F)cc(N=NCCc2ccccc2)n1. The highest BCUT2D eigenvalue weighted by Crippen LogP contribution is 2.33. The summed E-state index contributed by atoms with van der Waals surface area (Å²) in [6.07, 6.45) is -3.83. The normalized spacial score (nSPS) is 11.8. The number of aromatic nitrogens is 1. The highest BCUT2D eigenvalue weighted by Gasteiger charge is 2.31. The average Bonchev–Trinajstić information content (AvgIpc) is 2.51. The Labute approximate surface area is 125 Å². The van der Waals surface area contributed by atoms with Crippen LogP contribution in [0.15, 0.2) is 52.7 Å². The Morgan fingerprint density at radius 1 is 1.14 bits per heavy atom. The maximum absolute atomic E-state index is 12.7. The fourth-order valence-corrected chi connectivity index (χ4v) is 1.76. The number of methoxy groups -OCH3 is 1. The number of alkyl halides is 3. The van der Waals surface area contributed by atoms with Crippen molar-refractivity contribution in [3.05, 3.63) is 53.6 Å². The lowest BCUT2D eigenvalue weighted by atomic mass is 10.2. The first-order valence-corrected chi connectivity index (χ1v) is 6.54. The van der Waals surface area contributed by atoms with Crippen LogP contribution in [0.5, 0.6) is 5.88 Å². The molecule has 0 aliphatic heterocycles. The third kappa shape index (κ3) is 4.54. The second kappa shape index (κ2) is 7.02. The summed E-state index contributed by atoms with van der Waals surface area (Å²) in [5, 5.41) is 7.61. The van der Waals surface area contributed by atoms with Crippen LogP contribution in [0.25, 0.3) is 0 Å². The van der Waals surface area contributed by atoms with Gasteiger partial charge >= 0.3 is 6.18 Å². The summed E-state index contributed by atoms with van der Waals surface area (Å²) >= 11 is 0. The van der Waals surface area contributed by atoms with Crippen LogP contribution < -0.4 is 4.74 Å².